The molecule has 6 rings (SSSR count). The molecule has 0 aliphatic carbocycles. The standard InChI is InChI=1S/C29H22N4OS/c1-2-21(18-10-4-3-5-11-18)28-32-33-26(30)25(27(34)31-29(33)35-28)17-24-22-14-8-6-12-19(22)16-20-13-7-9-15-23(20)24/h3-17,21,30H,2H2,1H3/b25-17+,30-26?/t21-/m1/s1. The summed E-state index contributed by atoms with van der Waals surface area (Å²) in [7, 11) is 0. The van der Waals surface area contributed by atoms with Crippen LogP contribution in [0.15, 0.2) is 101 Å². The number of amidine groups is 2. The van der Waals surface area contributed by atoms with E-state index in [0.717, 1.165) is 44.1 Å². The van der Waals surface area contributed by atoms with Crippen molar-refractivity contribution >= 4 is 61.3 Å². The maximum Gasteiger partial charge on any atom is 0.283 e. The van der Waals surface area contributed by atoms with Crippen molar-refractivity contribution < 1.29 is 4.79 Å². The number of carbonyl (C=O) groups is 1. The van der Waals surface area contributed by atoms with Crippen molar-refractivity contribution in [3.05, 3.63) is 102 Å². The second kappa shape index (κ2) is 8.64. The molecule has 2 heterocycles. The fraction of sp³-hybridized carbons (Fsp3) is 0.103. The van der Waals surface area contributed by atoms with Gasteiger partial charge in [0.1, 0.15) is 5.04 Å². The van der Waals surface area contributed by atoms with Crippen LogP contribution in [0.1, 0.15) is 30.4 Å². The van der Waals surface area contributed by atoms with E-state index in [1.54, 1.807) is 0 Å². The lowest BCUT2D eigenvalue weighted by atomic mass is 9.95. The number of nitrogens with zero attached hydrogens (tertiary/aromatic N) is 3. The summed E-state index contributed by atoms with van der Waals surface area (Å²) in [4.78, 5) is 17.5. The van der Waals surface area contributed by atoms with Gasteiger partial charge in [0.2, 0.25) is 5.17 Å². The van der Waals surface area contributed by atoms with Crippen molar-refractivity contribution in [1.82, 2.24) is 5.01 Å². The molecule has 1 atom stereocenters. The molecule has 1 amide bonds. The summed E-state index contributed by atoms with van der Waals surface area (Å²) in [5.41, 5.74) is 2.32. The lowest BCUT2D eigenvalue weighted by Gasteiger charge is -2.20. The minimum Gasteiger partial charge on any atom is -0.282 e. The Bertz CT molecular complexity index is 1550. The van der Waals surface area contributed by atoms with E-state index in [2.05, 4.69) is 42.2 Å². The molecule has 2 aliphatic rings. The van der Waals surface area contributed by atoms with E-state index in [4.69, 9.17) is 10.5 Å². The van der Waals surface area contributed by atoms with Crippen molar-refractivity contribution in [2.24, 2.45) is 10.1 Å². The zero-order chi connectivity index (χ0) is 23.9. The summed E-state index contributed by atoms with van der Waals surface area (Å²) in [5, 5.41) is 20.7. The largest absolute Gasteiger partial charge is 0.283 e. The molecule has 0 saturated heterocycles. The Kier molecular flexibility index (Phi) is 5.30. The molecule has 170 valence electrons. The van der Waals surface area contributed by atoms with Crippen LogP contribution in [0.3, 0.4) is 0 Å². The van der Waals surface area contributed by atoms with Gasteiger partial charge in [-0.05, 0) is 63.0 Å². The number of hydrazone groups is 1. The minimum atomic E-state index is -0.407. The Labute approximate surface area is 207 Å². The predicted molar refractivity (Wildman–Crippen MR) is 146 cm³/mol. The van der Waals surface area contributed by atoms with Crippen LogP contribution >= 0.6 is 11.8 Å². The number of hydrogen-bond acceptors (Lipinski definition) is 4. The first-order valence-electron chi connectivity index (χ1n) is 11.6. The second-order valence-electron chi connectivity index (χ2n) is 8.56. The molecule has 0 spiro atoms. The quantitative estimate of drug-likeness (QED) is 0.261. The van der Waals surface area contributed by atoms with E-state index < -0.39 is 5.91 Å². The highest BCUT2D eigenvalue weighted by Crippen LogP contribution is 2.37. The Hall–Kier alpha value is -4.03. The first-order chi connectivity index (χ1) is 17.1. The third-order valence-corrected chi connectivity index (χ3v) is 7.50. The Morgan fingerprint density at radius 2 is 1.57 bits per heavy atom. The number of amides is 1. The van der Waals surface area contributed by atoms with Crippen LogP contribution < -0.4 is 0 Å². The minimum absolute atomic E-state index is 0.0578. The second-order valence-corrected chi connectivity index (χ2v) is 9.55. The third kappa shape index (κ3) is 3.67. The van der Waals surface area contributed by atoms with Gasteiger partial charge in [0.05, 0.1) is 5.57 Å². The summed E-state index contributed by atoms with van der Waals surface area (Å²) in [6.45, 7) is 2.12. The van der Waals surface area contributed by atoms with Gasteiger partial charge >= 0.3 is 0 Å². The molecule has 6 heteroatoms. The van der Waals surface area contributed by atoms with Gasteiger partial charge in [-0.2, -0.15) is 15.1 Å². The molecule has 4 aromatic rings. The molecule has 35 heavy (non-hydrogen) atoms. The average molecular weight is 475 g/mol. The van der Waals surface area contributed by atoms with E-state index in [-0.39, 0.29) is 17.3 Å². The van der Waals surface area contributed by atoms with Crippen LogP contribution in [0.5, 0.6) is 0 Å². The summed E-state index contributed by atoms with van der Waals surface area (Å²) in [6.07, 6.45) is 2.67. The molecule has 0 fully saturated rings. The molecular weight excluding hydrogens is 452 g/mol. The highest BCUT2D eigenvalue weighted by Gasteiger charge is 2.37. The normalized spacial score (nSPS) is 17.6. The highest BCUT2D eigenvalue weighted by molar-refractivity contribution is 8.27. The van der Waals surface area contributed by atoms with E-state index >= 15 is 0 Å². The van der Waals surface area contributed by atoms with Gasteiger partial charge < -0.3 is 0 Å². The van der Waals surface area contributed by atoms with E-state index in [9.17, 15) is 4.79 Å². The number of rotatable bonds is 4. The van der Waals surface area contributed by atoms with Crippen LogP contribution in [0.4, 0.5) is 0 Å². The first kappa shape index (κ1) is 21.5. The molecule has 4 aromatic carbocycles. The van der Waals surface area contributed by atoms with Gasteiger partial charge in [0.25, 0.3) is 5.91 Å². The fourth-order valence-electron chi connectivity index (χ4n) is 4.73. The van der Waals surface area contributed by atoms with Crippen LogP contribution in [0, 0.1) is 5.41 Å². The summed E-state index contributed by atoms with van der Waals surface area (Å²) < 4.78 is 0. The topological polar surface area (TPSA) is 68.9 Å². The van der Waals surface area contributed by atoms with Crippen molar-refractivity contribution in [2.45, 2.75) is 19.3 Å². The van der Waals surface area contributed by atoms with Crippen molar-refractivity contribution in [3.8, 4) is 0 Å². The molecule has 0 saturated carbocycles. The molecular formula is C29H22N4OS. The van der Waals surface area contributed by atoms with Gasteiger partial charge in [-0.3, -0.25) is 10.2 Å². The number of thioether (sulfide) groups is 1. The Morgan fingerprint density at radius 1 is 0.943 bits per heavy atom. The molecule has 0 unspecified atom stereocenters. The van der Waals surface area contributed by atoms with Crippen molar-refractivity contribution in [1.29, 1.82) is 5.41 Å². The lowest BCUT2D eigenvalue weighted by Crippen LogP contribution is -2.35. The average Bonchev–Trinajstić information content (AvgIpc) is 3.30. The smallest absolute Gasteiger partial charge is 0.282 e. The zero-order valence-electron chi connectivity index (χ0n) is 19.1. The summed E-state index contributed by atoms with van der Waals surface area (Å²) in [6, 6.07) is 28.6. The summed E-state index contributed by atoms with van der Waals surface area (Å²) in [5.74, 6) is -0.260. The van der Waals surface area contributed by atoms with Gasteiger partial charge in [-0.25, -0.2) is 0 Å². The molecule has 0 bridgehead atoms. The Morgan fingerprint density at radius 3 is 2.23 bits per heavy atom. The van der Waals surface area contributed by atoms with Crippen LogP contribution in [0.25, 0.3) is 27.6 Å². The molecule has 1 N–H and O–H groups in total. The van der Waals surface area contributed by atoms with Gasteiger partial charge in [0, 0.05) is 5.92 Å². The van der Waals surface area contributed by atoms with Crippen molar-refractivity contribution in [3.63, 3.8) is 0 Å². The first-order valence-corrected chi connectivity index (χ1v) is 12.4. The third-order valence-electron chi connectivity index (χ3n) is 6.48. The lowest BCUT2D eigenvalue weighted by molar-refractivity contribution is -0.114. The maximum absolute atomic E-state index is 13.2. The van der Waals surface area contributed by atoms with Crippen LogP contribution in [0.2, 0.25) is 0 Å². The summed E-state index contributed by atoms with van der Waals surface area (Å²) >= 11 is 1.38. The monoisotopic (exact) mass is 474 g/mol. The highest BCUT2D eigenvalue weighted by atomic mass is 32.2. The van der Waals surface area contributed by atoms with Gasteiger partial charge in [0.15, 0.2) is 5.84 Å². The number of nitrogens with one attached hydrogen (secondary N) is 1. The zero-order valence-corrected chi connectivity index (χ0v) is 19.9. The van der Waals surface area contributed by atoms with E-state index in [1.807, 2.05) is 60.7 Å². The van der Waals surface area contributed by atoms with E-state index in [0.29, 0.717) is 5.17 Å². The number of fused-ring (bicyclic) bond motifs is 3. The Balaban J connectivity index is 1.45. The molecule has 0 radical (unpaired) electrons. The predicted octanol–water partition coefficient (Wildman–Crippen LogP) is 6.81. The molecule has 5 nitrogen and oxygen atoms in total. The van der Waals surface area contributed by atoms with Gasteiger partial charge in [-0.15, -0.1) is 0 Å². The fourth-order valence-corrected chi connectivity index (χ4v) is 5.84. The number of carbonyl (C=O) groups excluding carboxylic acids is 1. The SMILES string of the molecule is CC[C@@H](C1=NN2C(=N)/C(=C\c3c4ccccc4cc4ccccc34)C(=O)N=C2S1)c1ccccc1. The number of aliphatic imine (C=N–C) groups is 1. The molecule has 0 aromatic heterocycles. The van der Waals surface area contributed by atoms with Gasteiger partial charge in [-0.1, -0.05) is 85.8 Å². The molecule has 2 aliphatic heterocycles. The van der Waals surface area contributed by atoms with Crippen LogP contribution in [-0.2, 0) is 4.79 Å². The number of benzene rings is 4. The number of hydrogen-bond donors (Lipinski definition) is 1. The van der Waals surface area contributed by atoms with E-state index in [1.165, 1.54) is 16.8 Å². The van der Waals surface area contributed by atoms with Crippen LogP contribution in [-0.4, -0.2) is 27.0 Å². The maximum atomic E-state index is 13.2. The van der Waals surface area contributed by atoms with Crippen molar-refractivity contribution in [2.75, 3.05) is 0 Å².